The van der Waals surface area contributed by atoms with E-state index in [9.17, 15) is 14.9 Å². The third kappa shape index (κ3) is 3.05. The number of nitro groups is 1. The van der Waals surface area contributed by atoms with Crippen LogP contribution in [0.5, 0.6) is 0 Å². The molecule has 1 aliphatic rings. The van der Waals surface area contributed by atoms with Crippen molar-refractivity contribution in [1.29, 1.82) is 0 Å². The van der Waals surface area contributed by atoms with E-state index in [1.165, 1.54) is 6.07 Å². The smallest absolute Gasteiger partial charge is 0.282 e. The monoisotopic (exact) mass is 291 g/mol. The Labute approximate surface area is 124 Å². The van der Waals surface area contributed by atoms with Crippen molar-refractivity contribution in [2.45, 2.75) is 45.2 Å². The van der Waals surface area contributed by atoms with Crippen LogP contribution in [0.25, 0.3) is 0 Å². The van der Waals surface area contributed by atoms with Gasteiger partial charge in [-0.15, -0.1) is 0 Å². The number of carbonyl (C=O) groups is 1. The molecule has 1 aromatic carbocycles. The van der Waals surface area contributed by atoms with Gasteiger partial charge in [0, 0.05) is 24.7 Å². The maximum Gasteiger partial charge on any atom is 0.282 e. The van der Waals surface area contributed by atoms with Crippen LogP contribution in [0.1, 0.15) is 42.1 Å². The molecule has 2 rings (SSSR count). The molecule has 21 heavy (non-hydrogen) atoms. The van der Waals surface area contributed by atoms with E-state index in [4.69, 9.17) is 5.73 Å². The second kappa shape index (κ2) is 6.22. The van der Waals surface area contributed by atoms with Crippen molar-refractivity contribution in [1.82, 2.24) is 4.90 Å². The Morgan fingerprint density at radius 1 is 1.48 bits per heavy atom. The second-order valence-electron chi connectivity index (χ2n) is 5.65. The van der Waals surface area contributed by atoms with E-state index in [2.05, 4.69) is 0 Å². The van der Waals surface area contributed by atoms with Gasteiger partial charge in [0.05, 0.1) is 4.92 Å². The van der Waals surface area contributed by atoms with Gasteiger partial charge in [0.25, 0.3) is 11.6 Å². The van der Waals surface area contributed by atoms with Gasteiger partial charge in [0.2, 0.25) is 0 Å². The fourth-order valence-corrected chi connectivity index (χ4v) is 2.98. The Morgan fingerprint density at radius 2 is 2.19 bits per heavy atom. The average Bonchev–Trinajstić information content (AvgIpc) is 2.46. The average molecular weight is 291 g/mol. The van der Waals surface area contributed by atoms with Crippen LogP contribution in [0, 0.1) is 17.0 Å². The quantitative estimate of drug-likeness (QED) is 0.683. The molecule has 0 saturated carbocycles. The predicted octanol–water partition coefficient (Wildman–Crippen LogP) is 2.25. The van der Waals surface area contributed by atoms with Gasteiger partial charge in [0.1, 0.15) is 5.56 Å². The van der Waals surface area contributed by atoms with Crippen molar-refractivity contribution < 1.29 is 9.72 Å². The number of rotatable bonds is 3. The molecule has 6 heteroatoms. The zero-order valence-corrected chi connectivity index (χ0v) is 12.4. The number of likely N-dealkylation sites (tertiary alicyclic amines) is 1. The van der Waals surface area contributed by atoms with Gasteiger partial charge in [-0.05, 0) is 38.7 Å². The lowest BCUT2D eigenvalue weighted by Crippen LogP contribution is -2.51. The van der Waals surface area contributed by atoms with Crippen molar-refractivity contribution in [3.05, 3.63) is 39.4 Å². The van der Waals surface area contributed by atoms with Crippen LogP contribution in [0.2, 0.25) is 0 Å². The van der Waals surface area contributed by atoms with Crippen LogP contribution in [0.15, 0.2) is 18.2 Å². The van der Waals surface area contributed by atoms with Crippen LogP contribution >= 0.6 is 0 Å². The van der Waals surface area contributed by atoms with Gasteiger partial charge in [-0.2, -0.15) is 0 Å². The molecule has 2 N–H and O–H groups in total. The zero-order chi connectivity index (χ0) is 15.6. The highest BCUT2D eigenvalue weighted by Crippen LogP contribution is 2.27. The minimum Gasteiger partial charge on any atom is -0.334 e. The maximum absolute atomic E-state index is 12.8. The van der Waals surface area contributed by atoms with E-state index in [0.717, 1.165) is 19.3 Å². The molecular weight excluding hydrogens is 270 g/mol. The molecule has 1 saturated heterocycles. The van der Waals surface area contributed by atoms with Crippen molar-refractivity contribution >= 4 is 11.6 Å². The Kier molecular flexibility index (Phi) is 4.57. The number of piperidine rings is 1. The molecule has 1 fully saturated rings. The first kappa shape index (κ1) is 15.4. The molecular formula is C15H21N3O3. The van der Waals surface area contributed by atoms with E-state index in [-0.39, 0.29) is 29.2 Å². The number of amides is 1. The molecule has 0 aliphatic carbocycles. The highest BCUT2D eigenvalue weighted by molar-refractivity contribution is 5.99. The normalized spacial score (nSPS) is 20.1. The molecule has 1 amide bonds. The van der Waals surface area contributed by atoms with Crippen molar-refractivity contribution in [3.63, 3.8) is 0 Å². The molecule has 1 aliphatic heterocycles. The minimum atomic E-state index is -0.495. The van der Waals surface area contributed by atoms with Gasteiger partial charge in [-0.3, -0.25) is 14.9 Å². The summed E-state index contributed by atoms with van der Waals surface area (Å²) in [5, 5.41) is 11.2. The van der Waals surface area contributed by atoms with Gasteiger partial charge in [-0.1, -0.05) is 12.1 Å². The summed E-state index contributed by atoms with van der Waals surface area (Å²) in [5.74, 6) is -0.276. The van der Waals surface area contributed by atoms with Crippen molar-refractivity contribution in [2.24, 2.45) is 5.73 Å². The van der Waals surface area contributed by atoms with Gasteiger partial charge >= 0.3 is 0 Å². The number of nitrogens with two attached hydrogens (primary N) is 1. The maximum atomic E-state index is 12.8. The summed E-state index contributed by atoms with van der Waals surface area (Å²) in [6.07, 6.45) is 2.80. The van der Waals surface area contributed by atoms with Crippen LogP contribution in [-0.2, 0) is 0 Å². The van der Waals surface area contributed by atoms with Crippen molar-refractivity contribution in [2.75, 3.05) is 6.54 Å². The number of nitrogens with zero attached hydrogens (tertiary/aromatic N) is 2. The number of nitro benzene ring substituents is 1. The summed E-state index contributed by atoms with van der Waals surface area (Å²) < 4.78 is 0. The first-order valence-electron chi connectivity index (χ1n) is 7.24. The minimum absolute atomic E-state index is 0.0505. The van der Waals surface area contributed by atoms with Gasteiger partial charge < -0.3 is 10.6 Å². The van der Waals surface area contributed by atoms with E-state index < -0.39 is 4.92 Å². The van der Waals surface area contributed by atoms with E-state index in [1.807, 2.05) is 6.92 Å². The number of benzene rings is 1. The van der Waals surface area contributed by atoms with E-state index in [0.29, 0.717) is 12.1 Å². The number of carbonyl (C=O) groups excluding carboxylic acids is 1. The fourth-order valence-electron chi connectivity index (χ4n) is 2.98. The highest BCUT2D eigenvalue weighted by Gasteiger charge is 2.33. The lowest BCUT2D eigenvalue weighted by Gasteiger charge is -2.38. The molecule has 0 bridgehead atoms. The first-order valence-corrected chi connectivity index (χ1v) is 7.24. The summed E-state index contributed by atoms with van der Waals surface area (Å²) in [6.45, 7) is 4.21. The molecule has 0 aromatic heterocycles. The Hall–Kier alpha value is -1.95. The predicted molar refractivity (Wildman–Crippen MR) is 80.2 cm³/mol. The van der Waals surface area contributed by atoms with Crippen LogP contribution in [0.3, 0.4) is 0 Å². The number of hydrogen-bond acceptors (Lipinski definition) is 4. The molecule has 0 spiro atoms. The van der Waals surface area contributed by atoms with Crippen molar-refractivity contribution in [3.8, 4) is 0 Å². The fraction of sp³-hybridized carbons (Fsp3) is 0.533. The second-order valence-corrected chi connectivity index (χ2v) is 5.65. The molecule has 1 heterocycles. The van der Waals surface area contributed by atoms with E-state index >= 15 is 0 Å². The Bertz CT molecular complexity index is 557. The first-order chi connectivity index (χ1) is 9.93. The molecule has 2 unspecified atom stereocenters. The Balaban J connectivity index is 2.41. The highest BCUT2D eigenvalue weighted by atomic mass is 16.6. The lowest BCUT2D eigenvalue weighted by atomic mass is 9.95. The Morgan fingerprint density at radius 3 is 2.81 bits per heavy atom. The van der Waals surface area contributed by atoms with Gasteiger partial charge in [0.15, 0.2) is 0 Å². The van der Waals surface area contributed by atoms with Crippen LogP contribution < -0.4 is 5.73 Å². The van der Waals surface area contributed by atoms with Crippen LogP contribution in [-0.4, -0.2) is 34.4 Å². The molecule has 114 valence electrons. The largest absolute Gasteiger partial charge is 0.334 e. The lowest BCUT2D eigenvalue weighted by molar-refractivity contribution is -0.385. The molecule has 2 atom stereocenters. The summed E-state index contributed by atoms with van der Waals surface area (Å²) in [5.41, 5.74) is 6.67. The van der Waals surface area contributed by atoms with Crippen LogP contribution in [0.4, 0.5) is 5.69 Å². The number of aryl methyl sites for hydroxylation is 1. The topological polar surface area (TPSA) is 89.5 Å². The summed E-state index contributed by atoms with van der Waals surface area (Å²) >= 11 is 0. The third-order valence-electron chi connectivity index (χ3n) is 4.08. The van der Waals surface area contributed by atoms with Gasteiger partial charge in [-0.25, -0.2) is 0 Å². The standard InChI is InChI=1S/C15H21N3O3/c1-10-6-5-8-13(18(20)21)14(10)15(19)17-9-4-3-7-12(17)11(2)16/h5-6,8,11-12H,3-4,7,9,16H2,1-2H3. The molecule has 1 aromatic rings. The van der Waals surface area contributed by atoms with E-state index in [1.54, 1.807) is 24.0 Å². The summed E-state index contributed by atoms with van der Waals surface area (Å²) in [6, 6.07) is 4.52. The summed E-state index contributed by atoms with van der Waals surface area (Å²) in [4.78, 5) is 25.2. The molecule has 0 radical (unpaired) electrons. The molecule has 6 nitrogen and oxygen atoms in total. The third-order valence-corrected chi connectivity index (χ3v) is 4.08. The summed E-state index contributed by atoms with van der Waals surface area (Å²) in [7, 11) is 0. The zero-order valence-electron chi connectivity index (χ0n) is 12.4. The number of hydrogen-bond donors (Lipinski definition) is 1. The SMILES string of the molecule is Cc1cccc([N+](=O)[O-])c1C(=O)N1CCCCC1C(C)N.